The third-order valence-corrected chi connectivity index (χ3v) is 14.8. The van der Waals surface area contributed by atoms with Gasteiger partial charge in [0.2, 0.25) is 20.0 Å². The number of carbonyl (C=O) groups is 5. The van der Waals surface area contributed by atoms with E-state index in [1.54, 1.807) is 20.8 Å². The Hall–Kier alpha value is -3.41. The van der Waals surface area contributed by atoms with E-state index in [2.05, 4.69) is 0 Å². The Balaban J connectivity index is 0.000000214. The lowest BCUT2D eigenvalue weighted by Crippen LogP contribution is -2.66. The van der Waals surface area contributed by atoms with E-state index in [-0.39, 0.29) is 41.8 Å². The quantitative estimate of drug-likeness (QED) is 0.184. The molecule has 2 aromatic rings. The van der Waals surface area contributed by atoms with Gasteiger partial charge in [0.15, 0.2) is 5.78 Å². The number of Topliss-reactive ketones (excluding diaryl/α,β-unsaturated/α-hetero) is 2. The monoisotopic (exact) mass is 842 g/mol. The summed E-state index contributed by atoms with van der Waals surface area (Å²) in [5.41, 5.74) is 0. The highest BCUT2D eigenvalue weighted by Crippen LogP contribution is 2.44. The van der Waals surface area contributed by atoms with Crippen LogP contribution in [0.25, 0.3) is 0 Å². The van der Waals surface area contributed by atoms with Crippen molar-refractivity contribution in [2.24, 2.45) is 17.8 Å². The van der Waals surface area contributed by atoms with Crippen LogP contribution in [-0.4, -0.2) is 98.9 Å². The molecule has 7 atom stereocenters. The van der Waals surface area contributed by atoms with Crippen molar-refractivity contribution in [2.45, 2.75) is 99.7 Å². The van der Waals surface area contributed by atoms with Crippen molar-refractivity contribution in [3.63, 3.8) is 0 Å². The first kappa shape index (κ1) is 42.7. The van der Waals surface area contributed by atoms with Crippen LogP contribution in [0.4, 0.5) is 0 Å². The summed E-state index contributed by atoms with van der Waals surface area (Å²) in [6, 6.07) is 8.64. The smallest absolute Gasteiger partial charge is 0.318 e. The van der Waals surface area contributed by atoms with E-state index < -0.39 is 85.7 Å². The number of piperidine rings is 4. The van der Waals surface area contributed by atoms with Crippen molar-refractivity contribution < 1.29 is 55.0 Å². The number of ketones is 2. The van der Waals surface area contributed by atoms with Crippen LogP contribution >= 0.6 is 23.2 Å². The molecule has 18 heteroatoms. The van der Waals surface area contributed by atoms with Crippen molar-refractivity contribution in [1.82, 2.24) is 8.61 Å². The highest BCUT2D eigenvalue weighted by Gasteiger charge is 2.60. The zero-order valence-corrected chi connectivity index (χ0v) is 33.7. The van der Waals surface area contributed by atoms with Crippen molar-refractivity contribution in [1.29, 1.82) is 0 Å². The van der Waals surface area contributed by atoms with Crippen LogP contribution in [0.3, 0.4) is 0 Å². The molecule has 0 saturated carbocycles. The lowest BCUT2D eigenvalue weighted by Gasteiger charge is -2.49. The van der Waals surface area contributed by atoms with Crippen LogP contribution in [-0.2, 0) is 58.2 Å². The summed E-state index contributed by atoms with van der Waals surface area (Å²) in [4.78, 5) is 63.3. The van der Waals surface area contributed by atoms with Crippen LogP contribution in [0.1, 0.15) is 65.7 Å². The van der Waals surface area contributed by atoms with E-state index in [9.17, 15) is 40.8 Å². The second-order valence-corrected chi connectivity index (χ2v) is 18.1. The predicted molar refractivity (Wildman–Crippen MR) is 199 cm³/mol. The molecule has 4 fully saturated rings. The lowest BCUT2D eigenvalue weighted by molar-refractivity contribution is -0.168. The Labute approximate surface area is 330 Å². The molecule has 4 heterocycles. The number of sulfonamides is 2. The molecule has 0 amide bonds. The standard InChI is InChI=1S/C20H24ClNO7S.C17H20ClNO5S/c1-3-28-19(24)16-14-6-5-7-15(17(18(16)23)20(25)29-4-2)22(14)30(26,27)13-10-8-12(21)9-11-13;1-2-24-17(21)16-14-5-3-4-12(10-15(16)20)19(14)25(22,23)13-8-6-11(18)7-9-13/h8-11,14-17H,3-7H2,1-2H3;6-9,12,14,16H,2-5,10H2,1H3. The number of fused-ring (bicyclic) bond motifs is 4. The molecular weight excluding hydrogens is 799 g/mol. The summed E-state index contributed by atoms with van der Waals surface area (Å²) in [6.45, 7) is 5.08. The van der Waals surface area contributed by atoms with Crippen LogP contribution in [0, 0.1) is 17.8 Å². The summed E-state index contributed by atoms with van der Waals surface area (Å²) in [6.07, 6.45) is 3.12. The normalized spacial score (nSPS) is 27.0. The van der Waals surface area contributed by atoms with Gasteiger partial charge in [0.25, 0.3) is 0 Å². The van der Waals surface area contributed by atoms with Crippen molar-refractivity contribution in [3.8, 4) is 0 Å². The van der Waals surface area contributed by atoms with Gasteiger partial charge in [-0.25, -0.2) is 16.8 Å². The maximum atomic E-state index is 13.5. The van der Waals surface area contributed by atoms with Gasteiger partial charge >= 0.3 is 17.9 Å². The van der Waals surface area contributed by atoms with E-state index in [1.165, 1.54) is 52.8 Å². The van der Waals surface area contributed by atoms with Gasteiger partial charge in [-0.3, -0.25) is 24.0 Å². The molecule has 0 aliphatic carbocycles. The SMILES string of the molecule is CCOC(=O)C1C(=O)C(C(=O)OCC)C2CCCC1N2S(=O)(=O)c1ccc(Cl)cc1.CCOC(=O)C1C(=O)CC2CCCC1N2S(=O)(=O)c1ccc(Cl)cc1. The molecule has 0 spiro atoms. The third kappa shape index (κ3) is 8.64. The lowest BCUT2D eigenvalue weighted by atomic mass is 9.72. The molecule has 4 saturated heterocycles. The third-order valence-electron chi connectivity index (χ3n) is 10.3. The van der Waals surface area contributed by atoms with E-state index in [1.807, 2.05) is 0 Å². The second-order valence-electron chi connectivity index (χ2n) is 13.6. The molecule has 4 aliphatic heterocycles. The maximum absolute atomic E-state index is 13.5. The molecule has 0 N–H and O–H groups in total. The van der Waals surface area contributed by atoms with E-state index in [4.69, 9.17) is 37.4 Å². The second kappa shape index (κ2) is 17.8. The average Bonchev–Trinajstić information content (AvgIpc) is 3.12. The molecule has 14 nitrogen and oxygen atoms in total. The Morgan fingerprint density at radius 1 is 0.600 bits per heavy atom. The van der Waals surface area contributed by atoms with Crippen molar-refractivity contribution in [3.05, 3.63) is 58.6 Å². The molecule has 0 aromatic heterocycles. The van der Waals surface area contributed by atoms with Crippen LogP contribution in [0.2, 0.25) is 10.0 Å². The molecule has 4 bridgehead atoms. The summed E-state index contributed by atoms with van der Waals surface area (Å²) < 4.78 is 71.1. The fourth-order valence-corrected chi connectivity index (χ4v) is 12.1. The van der Waals surface area contributed by atoms with Crippen LogP contribution < -0.4 is 0 Å². The Morgan fingerprint density at radius 3 is 1.38 bits per heavy atom. The summed E-state index contributed by atoms with van der Waals surface area (Å²) in [5.74, 6) is -6.93. The minimum Gasteiger partial charge on any atom is -0.465 e. The minimum atomic E-state index is -4.12. The van der Waals surface area contributed by atoms with Gasteiger partial charge in [-0.1, -0.05) is 36.0 Å². The summed E-state index contributed by atoms with van der Waals surface area (Å²) in [5, 5.41) is 0.814. The highest BCUT2D eigenvalue weighted by atomic mass is 35.5. The number of hydrogen-bond acceptors (Lipinski definition) is 12. The molecule has 4 aliphatic rings. The van der Waals surface area contributed by atoms with Crippen molar-refractivity contribution >= 4 is 72.7 Å². The van der Waals surface area contributed by atoms with Gasteiger partial charge in [0, 0.05) is 40.6 Å². The molecule has 7 unspecified atom stereocenters. The average molecular weight is 844 g/mol. The highest BCUT2D eigenvalue weighted by molar-refractivity contribution is 7.89. The Bertz CT molecular complexity index is 1950. The molecule has 0 radical (unpaired) electrons. The zero-order chi connectivity index (χ0) is 40.2. The first-order valence-corrected chi connectivity index (χ1v) is 21.9. The maximum Gasteiger partial charge on any atom is 0.318 e. The fraction of sp³-hybridized carbons (Fsp3) is 0.541. The topological polar surface area (TPSA) is 188 Å². The predicted octanol–water partition coefficient (Wildman–Crippen LogP) is 4.60. The molecule has 300 valence electrons. The van der Waals surface area contributed by atoms with Gasteiger partial charge in [-0.05, 0) is 95.0 Å². The van der Waals surface area contributed by atoms with Gasteiger partial charge < -0.3 is 14.2 Å². The Morgan fingerprint density at radius 2 is 0.964 bits per heavy atom. The van der Waals surface area contributed by atoms with E-state index in [0.29, 0.717) is 42.1 Å². The molecular formula is C37H44Cl2N2O12S2. The van der Waals surface area contributed by atoms with E-state index >= 15 is 0 Å². The molecule has 6 rings (SSSR count). The number of halogens is 2. The Kier molecular flexibility index (Phi) is 13.8. The van der Waals surface area contributed by atoms with Gasteiger partial charge in [-0.15, -0.1) is 0 Å². The molecule has 2 aromatic carbocycles. The van der Waals surface area contributed by atoms with Crippen molar-refractivity contribution in [2.75, 3.05) is 19.8 Å². The first-order chi connectivity index (χ1) is 26.1. The fourth-order valence-electron chi connectivity index (χ4n) is 8.12. The van der Waals surface area contributed by atoms with Crippen LogP contribution in [0.15, 0.2) is 58.3 Å². The largest absolute Gasteiger partial charge is 0.465 e. The van der Waals surface area contributed by atoms with Crippen LogP contribution in [0.5, 0.6) is 0 Å². The van der Waals surface area contributed by atoms with E-state index in [0.717, 1.165) is 10.7 Å². The van der Waals surface area contributed by atoms with Gasteiger partial charge in [0.1, 0.15) is 23.5 Å². The zero-order valence-electron chi connectivity index (χ0n) is 30.6. The number of benzene rings is 2. The number of hydrogen-bond donors (Lipinski definition) is 0. The number of ether oxygens (including phenoxy) is 3. The number of carbonyl (C=O) groups excluding carboxylic acids is 5. The minimum absolute atomic E-state index is 0.0247. The summed E-state index contributed by atoms with van der Waals surface area (Å²) >= 11 is 11.7. The number of esters is 3. The molecule has 55 heavy (non-hydrogen) atoms. The number of nitrogens with zero attached hydrogens (tertiary/aromatic N) is 2. The van der Waals surface area contributed by atoms with Gasteiger partial charge in [0.05, 0.1) is 29.6 Å². The summed E-state index contributed by atoms with van der Waals surface area (Å²) in [7, 11) is -7.95. The first-order valence-electron chi connectivity index (χ1n) is 18.2. The van der Waals surface area contributed by atoms with Gasteiger partial charge in [-0.2, -0.15) is 8.61 Å². The number of rotatable bonds is 10.